The molecule has 2 aromatic heterocycles. The van der Waals surface area contributed by atoms with E-state index in [4.69, 9.17) is 9.84 Å². The number of thiazole rings is 1. The molecule has 11 nitrogen and oxygen atoms in total. The molecule has 0 aliphatic heterocycles. The Hall–Kier alpha value is -5.19. The van der Waals surface area contributed by atoms with Crippen LogP contribution in [0.4, 0.5) is 9.93 Å². The van der Waals surface area contributed by atoms with Gasteiger partial charge in [0.25, 0.3) is 10.0 Å². The number of benzene rings is 3. The summed E-state index contributed by atoms with van der Waals surface area (Å²) in [6.45, 7) is 0.168. The summed E-state index contributed by atoms with van der Waals surface area (Å²) < 4.78 is 35.9. The van der Waals surface area contributed by atoms with Crippen molar-refractivity contribution >= 4 is 32.6 Å². The van der Waals surface area contributed by atoms with E-state index >= 15 is 0 Å². The van der Waals surface area contributed by atoms with Gasteiger partial charge in [-0.15, -0.1) is 11.3 Å². The Morgan fingerprint density at radius 3 is 2.59 bits per heavy atom. The number of nitrogens with one attached hydrogen (secondary N) is 2. The zero-order chi connectivity index (χ0) is 29.0. The second-order valence-corrected chi connectivity index (χ2v) is 11.3. The molecule has 0 aliphatic rings. The number of nitrogens with zero attached hydrogens (tertiary/aromatic N) is 4. The Balaban J connectivity index is 1.50. The molecule has 206 valence electrons. The number of carbonyl (C=O) groups is 1. The highest BCUT2D eigenvalue weighted by Gasteiger charge is 2.20. The van der Waals surface area contributed by atoms with Crippen LogP contribution in [0.2, 0.25) is 0 Å². The fraction of sp³-hybridized carbons (Fsp3) is 0.0714. The number of aromatic nitrogens is 3. The van der Waals surface area contributed by atoms with Crippen molar-refractivity contribution in [3.8, 4) is 40.0 Å². The van der Waals surface area contributed by atoms with Crippen LogP contribution >= 0.6 is 11.3 Å². The number of amides is 1. The van der Waals surface area contributed by atoms with Gasteiger partial charge in [0.15, 0.2) is 5.13 Å². The molecule has 13 heteroatoms. The highest BCUT2D eigenvalue weighted by atomic mass is 32.2. The summed E-state index contributed by atoms with van der Waals surface area (Å²) in [5.41, 5.74) is 3.97. The van der Waals surface area contributed by atoms with Crippen molar-refractivity contribution < 1.29 is 23.1 Å². The van der Waals surface area contributed by atoms with Crippen molar-refractivity contribution in [1.82, 2.24) is 20.1 Å². The summed E-state index contributed by atoms with van der Waals surface area (Å²) in [6, 6.07) is 20.9. The summed E-state index contributed by atoms with van der Waals surface area (Å²) in [6.07, 6.45) is 2.03. The first-order chi connectivity index (χ1) is 19.7. The van der Waals surface area contributed by atoms with Crippen molar-refractivity contribution in [3.05, 3.63) is 95.6 Å². The molecule has 3 N–H and O–H groups in total. The van der Waals surface area contributed by atoms with Crippen molar-refractivity contribution in [2.75, 3.05) is 4.72 Å². The van der Waals surface area contributed by atoms with Crippen molar-refractivity contribution in [2.24, 2.45) is 7.05 Å². The smallest absolute Gasteiger partial charge is 0.404 e. The third kappa shape index (κ3) is 6.19. The number of aryl methyl sites for hydroxylation is 1. The topological polar surface area (TPSA) is 159 Å². The van der Waals surface area contributed by atoms with Crippen molar-refractivity contribution in [1.29, 1.82) is 5.26 Å². The van der Waals surface area contributed by atoms with Crippen LogP contribution in [0.3, 0.4) is 0 Å². The van der Waals surface area contributed by atoms with Crippen molar-refractivity contribution in [3.63, 3.8) is 0 Å². The Labute approximate surface area is 239 Å². The average molecular weight is 587 g/mol. The maximum absolute atomic E-state index is 12.8. The number of ether oxygens (including phenoxy) is 1. The van der Waals surface area contributed by atoms with Gasteiger partial charge >= 0.3 is 6.09 Å². The molecule has 0 radical (unpaired) electrons. The molecule has 5 rings (SSSR count). The first kappa shape index (κ1) is 27.4. The Bertz CT molecular complexity index is 1880. The monoisotopic (exact) mass is 586 g/mol. The summed E-state index contributed by atoms with van der Waals surface area (Å²) in [7, 11) is -2.17. The lowest BCUT2D eigenvalue weighted by atomic mass is 9.99. The van der Waals surface area contributed by atoms with Gasteiger partial charge < -0.3 is 15.2 Å². The minimum Gasteiger partial charge on any atom is -0.465 e. The summed E-state index contributed by atoms with van der Waals surface area (Å²) in [5.74, 6) is 0.604. The van der Waals surface area contributed by atoms with E-state index in [9.17, 15) is 18.5 Å². The van der Waals surface area contributed by atoms with Gasteiger partial charge in [0.05, 0.1) is 16.2 Å². The van der Waals surface area contributed by atoms with Crippen LogP contribution in [0.1, 0.15) is 11.1 Å². The zero-order valence-corrected chi connectivity index (χ0v) is 23.1. The highest BCUT2D eigenvalue weighted by Crippen LogP contribution is 2.38. The molecule has 0 bridgehead atoms. The number of nitriles is 1. The third-order valence-electron chi connectivity index (χ3n) is 6.04. The van der Waals surface area contributed by atoms with Gasteiger partial charge in [0, 0.05) is 36.9 Å². The number of rotatable bonds is 9. The minimum atomic E-state index is -3.96. The van der Waals surface area contributed by atoms with Gasteiger partial charge in [-0.3, -0.25) is 9.40 Å². The maximum Gasteiger partial charge on any atom is 0.404 e. The molecule has 41 heavy (non-hydrogen) atoms. The highest BCUT2D eigenvalue weighted by molar-refractivity contribution is 7.93. The lowest BCUT2D eigenvalue weighted by Crippen LogP contribution is -2.19. The molecule has 0 saturated heterocycles. The van der Waals surface area contributed by atoms with Crippen LogP contribution in [0.15, 0.2) is 89.4 Å². The average Bonchev–Trinajstić information content (AvgIpc) is 3.63. The lowest BCUT2D eigenvalue weighted by molar-refractivity contribution is 0.194. The second-order valence-electron chi connectivity index (χ2n) is 8.72. The zero-order valence-electron chi connectivity index (χ0n) is 21.5. The van der Waals surface area contributed by atoms with Gasteiger partial charge in [0.1, 0.15) is 17.6 Å². The number of hydrogen-bond donors (Lipinski definition) is 3. The molecule has 0 saturated carbocycles. The van der Waals surface area contributed by atoms with E-state index in [1.54, 1.807) is 29.4 Å². The van der Waals surface area contributed by atoms with Gasteiger partial charge in [-0.05, 0) is 59.2 Å². The van der Waals surface area contributed by atoms with Crippen LogP contribution in [0.5, 0.6) is 11.5 Å². The normalized spacial score (nSPS) is 11.0. The Morgan fingerprint density at radius 2 is 1.88 bits per heavy atom. The SMILES string of the molecule is Cn1nccc1-c1cc(-c2cccc(CNC(=O)O)c2)ccc1Oc1ccc(S(=O)(=O)Nc2nccs2)cc1C#N. The van der Waals surface area contributed by atoms with Crippen LogP contribution in [0, 0.1) is 11.3 Å². The third-order valence-corrected chi connectivity index (χ3v) is 8.19. The second kappa shape index (κ2) is 11.5. The summed E-state index contributed by atoms with van der Waals surface area (Å²) in [4.78, 5) is 14.7. The van der Waals surface area contributed by atoms with E-state index in [0.29, 0.717) is 11.3 Å². The fourth-order valence-electron chi connectivity index (χ4n) is 4.09. The van der Waals surface area contributed by atoms with E-state index in [1.807, 2.05) is 48.5 Å². The summed E-state index contributed by atoms with van der Waals surface area (Å²) >= 11 is 1.14. The van der Waals surface area contributed by atoms with E-state index < -0.39 is 16.1 Å². The minimum absolute atomic E-state index is 0.0330. The molecule has 5 aromatic rings. The van der Waals surface area contributed by atoms with Crippen molar-refractivity contribution in [2.45, 2.75) is 11.4 Å². The number of anilines is 1. The number of hydrogen-bond acceptors (Lipinski definition) is 8. The largest absolute Gasteiger partial charge is 0.465 e. The predicted octanol–water partition coefficient (Wildman–Crippen LogP) is 5.44. The van der Waals surface area contributed by atoms with E-state index in [0.717, 1.165) is 33.7 Å². The number of carboxylic acid groups (broad SMARTS) is 1. The molecule has 0 aliphatic carbocycles. The van der Waals surface area contributed by atoms with Gasteiger partial charge in [-0.2, -0.15) is 10.4 Å². The first-order valence-corrected chi connectivity index (χ1v) is 14.4. The van der Waals surface area contributed by atoms with E-state index in [2.05, 4.69) is 20.1 Å². The molecular formula is C28H22N6O5S2. The van der Waals surface area contributed by atoms with Crippen LogP contribution in [-0.2, 0) is 23.6 Å². The van der Waals surface area contributed by atoms with Crippen LogP contribution in [0.25, 0.3) is 22.4 Å². The quantitative estimate of drug-likeness (QED) is 0.206. The first-order valence-electron chi connectivity index (χ1n) is 12.1. The van der Waals surface area contributed by atoms with Gasteiger partial charge in [-0.25, -0.2) is 18.2 Å². The predicted molar refractivity (Wildman–Crippen MR) is 153 cm³/mol. The molecule has 0 spiro atoms. The molecule has 3 aromatic carbocycles. The van der Waals surface area contributed by atoms with E-state index in [1.165, 1.54) is 24.4 Å². The van der Waals surface area contributed by atoms with Crippen LogP contribution in [-0.4, -0.2) is 34.4 Å². The van der Waals surface area contributed by atoms with Crippen LogP contribution < -0.4 is 14.8 Å². The molecule has 0 atom stereocenters. The standard InChI is InChI=1S/C28H22N6O5S2/c1-34-24(9-10-32-34)23-15-20(19-4-2-3-18(13-19)17-31-28(35)36)5-7-26(23)39-25-8-6-22(14-21(25)16-29)41(37,38)33-27-30-11-12-40-27/h2-15,31H,17H2,1H3,(H,30,33)(H,35,36). The lowest BCUT2D eigenvalue weighted by Gasteiger charge is -2.15. The Kier molecular flexibility index (Phi) is 7.68. The van der Waals surface area contributed by atoms with Gasteiger partial charge in [-0.1, -0.05) is 24.3 Å². The molecule has 1 amide bonds. The maximum atomic E-state index is 12.8. The molecule has 2 heterocycles. The van der Waals surface area contributed by atoms with Gasteiger partial charge in [0.2, 0.25) is 0 Å². The fourth-order valence-corrected chi connectivity index (χ4v) is 5.91. The molecule has 0 fully saturated rings. The number of sulfonamides is 1. The molecular weight excluding hydrogens is 564 g/mol. The Morgan fingerprint density at radius 1 is 1.07 bits per heavy atom. The summed E-state index contributed by atoms with van der Waals surface area (Å²) in [5, 5.41) is 27.3. The van der Waals surface area contributed by atoms with E-state index in [-0.39, 0.29) is 27.9 Å². The molecule has 0 unspecified atom stereocenters.